The van der Waals surface area contributed by atoms with Gasteiger partial charge in [-0.3, -0.25) is 9.69 Å². The Balaban J connectivity index is 1.98. The molecule has 9 nitrogen and oxygen atoms in total. The molecule has 0 N–H and O–H groups in total. The van der Waals surface area contributed by atoms with Crippen LogP contribution in [0.1, 0.15) is 38.4 Å². The van der Waals surface area contributed by atoms with E-state index in [2.05, 4.69) is 10.1 Å². The largest absolute Gasteiger partial charge is 0.482 e. The lowest BCUT2D eigenvalue weighted by Gasteiger charge is -2.29. The Morgan fingerprint density at radius 2 is 1.93 bits per heavy atom. The molecule has 1 aliphatic rings. The maximum absolute atomic E-state index is 13.1. The molecule has 152 valence electrons. The number of hydrogen-bond donors (Lipinski definition) is 0. The number of aromatic nitrogens is 2. The molecule has 3 rings (SSSR count). The molecule has 0 fully saturated rings. The highest BCUT2D eigenvalue weighted by atomic mass is 32.2. The van der Waals surface area contributed by atoms with E-state index in [1.165, 1.54) is 21.3 Å². The minimum atomic E-state index is -3.68. The molecule has 28 heavy (non-hydrogen) atoms. The van der Waals surface area contributed by atoms with Gasteiger partial charge in [0.15, 0.2) is 12.4 Å². The van der Waals surface area contributed by atoms with Gasteiger partial charge in [-0.2, -0.15) is 9.29 Å². The van der Waals surface area contributed by atoms with Gasteiger partial charge in [-0.25, -0.2) is 8.42 Å². The highest BCUT2D eigenvalue weighted by molar-refractivity contribution is 7.89. The summed E-state index contributed by atoms with van der Waals surface area (Å²) in [5, 5.41) is 3.82. The number of benzene rings is 1. The molecule has 0 spiro atoms. The van der Waals surface area contributed by atoms with Crippen molar-refractivity contribution in [3.8, 4) is 5.75 Å². The number of aryl methyl sites for hydroxylation is 1. The average molecular weight is 408 g/mol. The summed E-state index contributed by atoms with van der Waals surface area (Å²) in [6.45, 7) is 6.35. The number of hydrogen-bond acceptors (Lipinski definition) is 7. The third kappa shape index (κ3) is 4.02. The maximum atomic E-state index is 13.1. The van der Waals surface area contributed by atoms with Crippen LogP contribution < -0.4 is 9.64 Å². The molecular formula is C18H24N4O5S. The maximum Gasteiger partial charge on any atom is 0.265 e. The highest BCUT2D eigenvalue weighted by Gasteiger charge is 2.30. The van der Waals surface area contributed by atoms with Gasteiger partial charge in [0, 0.05) is 20.0 Å². The summed E-state index contributed by atoms with van der Waals surface area (Å²) in [4.78, 5) is 18.1. The van der Waals surface area contributed by atoms with Crippen LogP contribution in [0.4, 0.5) is 5.69 Å². The van der Waals surface area contributed by atoms with E-state index in [1.54, 1.807) is 13.0 Å². The van der Waals surface area contributed by atoms with Crippen molar-refractivity contribution >= 4 is 21.6 Å². The lowest BCUT2D eigenvalue weighted by molar-refractivity contribution is -0.121. The zero-order valence-electron chi connectivity index (χ0n) is 16.2. The highest BCUT2D eigenvalue weighted by Crippen LogP contribution is 2.35. The lowest BCUT2D eigenvalue weighted by Crippen LogP contribution is -2.39. The molecular weight excluding hydrogens is 384 g/mol. The van der Waals surface area contributed by atoms with Crippen LogP contribution in [0, 0.1) is 6.92 Å². The molecule has 2 aromatic rings. The normalized spacial score (nSPS) is 14.3. The van der Waals surface area contributed by atoms with Crippen LogP contribution in [0.5, 0.6) is 5.75 Å². The van der Waals surface area contributed by atoms with Gasteiger partial charge in [-0.15, -0.1) is 0 Å². The van der Waals surface area contributed by atoms with Gasteiger partial charge in [0.05, 0.1) is 17.1 Å². The second-order valence-electron chi connectivity index (χ2n) is 6.53. The Hall–Kier alpha value is -2.46. The number of nitrogens with zero attached hydrogens (tertiary/aromatic N) is 4. The summed E-state index contributed by atoms with van der Waals surface area (Å²) in [5.74, 6) is 0.868. The number of rotatable bonds is 8. The fraction of sp³-hybridized carbons (Fsp3) is 0.500. The molecule has 0 atom stereocenters. The Labute approximate surface area is 164 Å². The molecule has 10 heteroatoms. The molecule has 1 aromatic heterocycles. The lowest BCUT2D eigenvalue weighted by atomic mass is 10.2. The van der Waals surface area contributed by atoms with Crippen molar-refractivity contribution in [2.45, 2.75) is 45.1 Å². The predicted octanol–water partition coefficient (Wildman–Crippen LogP) is 2.11. The van der Waals surface area contributed by atoms with Gasteiger partial charge >= 0.3 is 0 Å². The Morgan fingerprint density at radius 3 is 2.54 bits per heavy atom. The third-order valence-corrected chi connectivity index (χ3v) is 6.22. The fourth-order valence-corrected chi connectivity index (χ4v) is 4.71. The average Bonchev–Trinajstić information content (AvgIpc) is 3.08. The fourth-order valence-electron chi connectivity index (χ4n) is 3.06. The molecule has 0 aliphatic carbocycles. The molecule has 2 heterocycles. The third-order valence-electron chi connectivity index (χ3n) is 4.33. The number of anilines is 1. The van der Waals surface area contributed by atoms with E-state index in [0.717, 1.165) is 12.8 Å². The molecule has 0 unspecified atom stereocenters. The monoisotopic (exact) mass is 408 g/mol. The van der Waals surface area contributed by atoms with E-state index in [9.17, 15) is 13.2 Å². The quantitative estimate of drug-likeness (QED) is 0.658. The van der Waals surface area contributed by atoms with E-state index >= 15 is 0 Å². The number of fused-ring (bicyclic) bond motifs is 1. The van der Waals surface area contributed by atoms with Gasteiger partial charge in [0.1, 0.15) is 5.75 Å². The standard InChI is InChI=1S/C18H24N4O5S/c1-4-8-21(9-5-2)28(24,25)14-6-7-16-15(10-14)22(18(23)12-26-16)11-17-19-13(3)27-20-17/h6-7,10H,4-5,8-9,11-12H2,1-3H3. The molecule has 0 saturated carbocycles. The van der Waals surface area contributed by atoms with Crippen molar-refractivity contribution in [2.24, 2.45) is 0 Å². The number of ether oxygens (including phenoxy) is 1. The Morgan fingerprint density at radius 1 is 1.21 bits per heavy atom. The van der Waals surface area contributed by atoms with Crippen molar-refractivity contribution in [3.05, 3.63) is 29.9 Å². The molecule has 1 amide bonds. The predicted molar refractivity (Wildman–Crippen MR) is 102 cm³/mol. The summed E-state index contributed by atoms with van der Waals surface area (Å²) in [7, 11) is -3.68. The van der Waals surface area contributed by atoms with Crippen LogP contribution in [0.2, 0.25) is 0 Å². The van der Waals surface area contributed by atoms with Crippen molar-refractivity contribution < 1.29 is 22.5 Å². The van der Waals surface area contributed by atoms with Crippen LogP contribution in [0.3, 0.4) is 0 Å². The molecule has 0 saturated heterocycles. The van der Waals surface area contributed by atoms with Gasteiger partial charge in [0.25, 0.3) is 5.91 Å². The first kappa shape index (κ1) is 20.3. The van der Waals surface area contributed by atoms with E-state index < -0.39 is 10.0 Å². The summed E-state index contributed by atoms with van der Waals surface area (Å²) < 4.78 is 38.1. The number of carbonyl (C=O) groups is 1. The Bertz CT molecular complexity index is 951. The zero-order valence-corrected chi connectivity index (χ0v) is 17.0. The second kappa shape index (κ2) is 8.27. The molecule has 1 aliphatic heterocycles. The first-order valence-electron chi connectivity index (χ1n) is 9.23. The van der Waals surface area contributed by atoms with E-state index in [0.29, 0.717) is 36.2 Å². The van der Waals surface area contributed by atoms with E-state index in [1.807, 2.05) is 13.8 Å². The molecule has 1 aromatic carbocycles. The first-order chi connectivity index (χ1) is 13.4. The number of carbonyl (C=O) groups excluding carboxylic acids is 1. The Kier molecular flexibility index (Phi) is 5.99. The van der Waals surface area contributed by atoms with Crippen LogP contribution in [0.15, 0.2) is 27.6 Å². The molecule has 0 bridgehead atoms. The number of amides is 1. The summed E-state index contributed by atoms with van der Waals surface area (Å²) in [6, 6.07) is 4.57. The van der Waals surface area contributed by atoms with Crippen LogP contribution in [-0.2, 0) is 21.4 Å². The van der Waals surface area contributed by atoms with E-state index in [4.69, 9.17) is 9.26 Å². The topological polar surface area (TPSA) is 106 Å². The number of sulfonamides is 1. The second-order valence-corrected chi connectivity index (χ2v) is 8.47. The van der Waals surface area contributed by atoms with Gasteiger partial charge in [0.2, 0.25) is 15.9 Å². The molecule has 0 radical (unpaired) electrons. The van der Waals surface area contributed by atoms with Gasteiger partial charge < -0.3 is 9.26 Å². The van der Waals surface area contributed by atoms with Crippen molar-refractivity contribution in [3.63, 3.8) is 0 Å². The van der Waals surface area contributed by atoms with E-state index in [-0.39, 0.29) is 24.0 Å². The zero-order chi connectivity index (χ0) is 20.3. The first-order valence-corrected chi connectivity index (χ1v) is 10.7. The van der Waals surface area contributed by atoms with Crippen LogP contribution in [0.25, 0.3) is 0 Å². The van der Waals surface area contributed by atoms with Gasteiger partial charge in [-0.05, 0) is 31.0 Å². The van der Waals surface area contributed by atoms with Crippen molar-refractivity contribution in [1.29, 1.82) is 0 Å². The smallest absolute Gasteiger partial charge is 0.265 e. The van der Waals surface area contributed by atoms with Gasteiger partial charge in [-0.1, -0.05) is 19.0 Å². The van der Waals surface area contributed by atoms with Crippen molar-refractivity contribution in [1.82, 2.24) is 14.4 Å². The van der Waals surface area contributed by atoms with Crippen LogP contribution in [-0.4, -0.2) is 48.5 Å². The minimum absolute atomic E-state index is 0.0731. The summed E-state index contributed by atoms with van der Waals surface area (Å²) in [6.07, 6.45) is 1.43. The summed E-state index contributed by atoms with van der Waals surface area (Å²) in [5.41, 5.74) is 0.382. The van der Waals surface area contributed by atoms with Crippen molar-refractivity contribution in [2.75, 3.05) is 24.6 Å². The minimum Gasteiger partial charge on any atom is -0.482 e. The SMILES string of the molecule is CCCN(CCC)S(=O)(=O)c1ccc2c(c1)N(Cc1noc(C)n1)C(=O)CO2. The summed E-state index contributed by atoms with van der Waals surface area (Å²) >= 11 is 0. The van der Waals surface area contributed by atoms with Crippen LogP contribution >= 0.6 is 0 Å².